The van der Waals surface area contributed by atoms with E-state index in [1.807, 2.05) is 12.1 Å². The second-order valence-electron chi connectivity index (χ2n) is 7.57. The zero-order chi connectivity index (χ0) is 19.9. The summed E-state index contributed by atoms with van der Waals surface area (Å²) in [6, 6.07) is 10.4. The molecule has 0 unspecified atom stereocenters. The van der Waals surface area contributed by atoms with Crippen LogP contribution in [0, 0.1) is 41.2 Å². The van der Waals surface area contributed by atoms with Crippen LogP contribution in [0.25, 0.3) is 0 Å². The molecule has 0 bridgehead atoms. The molecular formula is C26H26F2. The zero-order valence-electron chi connectivity index (χ0n) is 16.6. The van der Waals surface area contributed by atoms with Crippen molar-refractivity contribution in [1.82, 2.24) is 0 Å². The molecule has 0 radical (unpaired) electrons. The van der Waals surface area contributed by atoms with E-state index in [0.717, 1.165) is 23.6 Å². The Morgan fingerprint density at radius 2 is 1.46 bits per heavy atom. The van der Waals surface area contributed by atoms with Crippen LogP contribution in [0.2, 0.25) is 0 Å². The molecule has 2 aromatic rings. The number of rotatable bonds is 3. The van der Waals surface area contributed by atoms with Crippen LogP contribution in [0.1, 0.15) is 80.5 Å². The van der Waals surface area contributed by atoms with E-state index in [4.69, 9.17) is 0 Å². The first-order valence-electron chi connectivity index (χ1n) is 10.1. The number of hydrogen-bond donors (Lipinski definition) is 0. The molecule has 3 rings (SSSR count). The van der Waals surface area contributed by atoms with Crippen molar-refractivity contribution in [3.63, 3.8) is 0 Å². The van der Waals surface area contributed by atoms with Crippen LogP contribution in [0.15, 0.2) is 36.4 Å². The first-order valence-corrected chi connectivity index (χ1v) is 10.1. The van der Waals surface area contributed by atoms with Gasteiger partial charge in [0.2, 0.25) is 0 Å². The Bertz CT molecular complexity index is 925. The van der Waals surface area contributed by atoms with Gasteiger partial charge in [-0.2, -0.15) is 0 Å². The SMILES string of the molecule is CC#Cc1cc(F)c(C#Cc2ccc([C@H]3CC[C@H](CCC)CC3)cc2)cc1F. The van der Waals surface area contributed by atoms with Gasteiger partial charge in [-0.3, -0.25) is 0 Å². The van der Waals surface area contributed by atoms with Gasteiger partial charge >= 0.3 is 0 Å². The van der Waals surface area contributed by atoms with E-state index in [1.165, 1.54) is 44.1 Å². The van der Waals surface area contributed by atoms with Gasteiger partial charge < -0.3 is 0 Å². The maximum Gasteiger partial charge on any atom is 0.140 e. The molecule has 1 aliphatic carbocycles. The zero-order valence-corrected chi connectivity index (χ0v) is 16.6. The summed E-state index contributed by atoms with van der Waals surface area (Å²) in [4.78, 5) is 0. The van der Waals surface area contributed by atoms with Crippen molar-refractivity contribution in [2.45, 2.75) is 58.3 Å². The number of benzene rings is 2. The first-order chi connectivity index (χ1) is 13.6. The first kappa shape index (κ1) is 20.2. The third-order valence-corrected chi connectivity index (χ3v) is 5.58. The fourth-order valence-corrected chi connectivity index (χ4v) is 4.04. The molecule has 0 spiro atoms. The van der Waals surface area contributed by atoms with Gasteiger partial charge in [0, 0.05) is 5.56 Å². The molecule has 0 N–H and O–H groups in total. The van der Waals surface area contributed by atoms with Crippen molar-refractivity contribution >= 4 is 0 Å². The van der Waals surface area contributed by atoms with E-state index in [0.29, 0.717) is 5.92 Å². The van der Waals surface area contributed by atoms with Crippen LogP contribution in [0.3, 0.4) is 0 Å². The second kappa shape index (κ2) is 9.57. The Morgan fingerprint density at radius 1 is 0.857 bits per heavy atom. The van der Waals surface area contributed by atoms with Crippen molar-refractivity contribution < 1.29 is 8.78 Å². The van der Waals surface area contributed by atoms with E-state index in [9.17, 15) is 8.78 Å². The highest BCUT2D eigenvalue weighted by Gasteiger charge is 2.21. The van der Waals surface area contributed by atoms with E-state index in [-0.39, 0.29) is 11.1 Å². The Morgan fingerprint density at radius 3 is 2.04 bits per heavy atom. The summed E-state index contributed by atoms with van der Waals surface area (Å²) in [5, 5.41) is 0. The smallest absolute Gasteiger partial charge is 0.140 e. The summed E-state index contributed by atoms with van der Waals surface area (Å²) in [7, 11) is 0. The van der Waals surface area contributed by atoms with Crippen LogP contribution in [-0.4, -0.2) is 0 Å². The summed E-state index contributed by atoms with van der Waals surface area (Å²) >= 11 is 0. The average molecular weight is 376 g/mol. The number of halogens is 2. The molecule has 0 saturated heterocycles. The third-order valence-electron chi connectivity index (χ3n) is 5.58. The average Bonchev–Trinajstić information content (AvgIpc) is 2.71. The van der Waals surface area contributed by atoms with Crippen molar-refractivity contribution in [2.75, 3.05) is 0 Å². The molecule has 28 heavy (non-hydrogen) atoms. The fourth-order valence-electron chi connectivity index (χ4n) is 4.04. The van der Waals surface area contributed by atoms with Crippen molar-refractivity contribution in [1.29, 1.82) is 0 Å². The molecule has 0 aliphatic heterocycles. The van der Waals surface area contributed by atoms with Crippen molar-refractivity contribution in [3.05, 3.63) is 70.3 Å². The molecule has 144 valence electrons. The van der Waals surface area contributed by atoms with Gasteiger partial charge in [0.1, 0.15) is 11.6 Å². The minimum atomic E-state index is -0.549. The normalized spacial score (nSPS) is 18.6. The lowest BCUT2D eigenvalue weighted by Crippen LogP contribution is -2.13. The van der Waals surface area contributed by atoms with Gasteiger partial charge in [0.25, 0.3) is 0 Å². The summed E-state index contributed by atoms with van der Waals surface area (Å²) < 4.78 is 28.1. The third kappa shape index (κ3) is 5.02. The summed E-state index contributed by atoms with van der Waals surface area (Å²) in [5.41, 5.74) is 2.28. The van der Waals surface area contributed by atoms with E-state index < -0.39 is 11.6 Å². The molecule has 2 aromatic carbocycles. The van der Waals surface area contributed by atoms with E-state index in [1.54, 1.807) is 6.92 Å². The predicted molar refractivity (Wildman–Crippen MR) is 111 cm³/mol. The highest BCUT2D eigenvalue weighted by atomic mass is 19.1. The molecule has 0 amide bonds. The molecule has 1 fully saturated rings. The topological polar surface area (TPSA) is 0 Å². The highest BCUT2D eigenvalue weighted by molar-refractivity contribution is 5.47. The Kier molecular flexibility index (Phi) is 6.89. The lowest BCUT2D eigenvalue weighted by Gasteiger charge is -2.28. The van der Waals surface area contributed by atoms with Crippen LogP contribution in [0.5, 0.6) is 0 Å². The van der Waals surface area contributed by atoms with Gasteiger partial charge in [-0.25, -0.2) is 8.78 Å². The molecular weight excluding hydrogens is 350 g/mol. The van der Waals surface area contributed by atoms with Crippen molar-refractivity contribution in [2.24, 2.45) is 5.92 Å². The van der Waals surface area contributed by atoms with Crippen molar-refractivity contribution in [3.8, 4) is 23.7 Å². The predicted octanol–water partition coefficient (Wildman–Crippen LogP) is 6.81. The van der Waals surface area contributed by atoms with Gasteiger partial charge in [-0.05, 0) is 74.3 Å². The van der Waals surface area contributed by atoms with E-state index >= 15 is 0 Å². The maximum absolute atomic E-state index is 14.1. The standard InChI is InChI=1S/C26H26F2/c1-3-5-19-7-12-21(13-8-19)22-14-9-20(10-15-22)11-16-24-18-25(27)23(6-4-2)17-26(24)28/h9-10,14-15,17-19,21H,3,5,7-8,12-13H2,1-2H3/t19-,21-. The van der Waals surface area contributed by atoms with E-state index in [2.05, 4.69) is 42.7 Å². The second-order valence-corrected chi connectivity index (χ2v) is 7.57. The monoisotopic (exact) mass is 376 g/mol. The molecule has 1 aliphatic rings. The van der Waals surface area contributed by atoms with Gasteiger partial charge in [0.15, 0.2) is 0 Å². The largest absolute Gasteiger partial charge is 0.206 e. The molecule has 0 nitrogen and oxygen atoms in total. The highest BCUT2D eigenvalue weighted by Crippen LogP contribution is 2.37. The van der Waals surface area contributed by atoms with Crippen LogP contribution < -0.4 is 0 Å². The van der Waals surface area contributed by atoms with Gasteiger partial charge in [-0.1, -0.05) is 49.7 Å². The molecule has 0 aromatic heterocycles. The molecule has 1 saturated carbocycles. The van der Waals surface area contributed by atoms with Gasteiger partial charge in [-0.15, -0.1) is 5.92 Å². The fraction of sp³-hybridized carbons (Fsp3) is 0.385. The molecule has 2 heteroatoms. The lowest BCUT2D eigenvalue weighted by molar-refractivity contribution is 0.308. The van der Waals surface area contributed by atoms with Crippen LogP contribution >= 0.6 is 0 Å². The van der Waals surface area contributed by atoms with Gasteiger partial charge in [0.05, 0.1) is 11.1 Å². The Labute approximate surface area is 167 Å². The summed E-state index contributed by atoms with van der Waals surface area (Å²) in [5.74, 6) is 11.3. The lowest BCUT2D eigenvalue weighted by atomic mass is 9.77. The maximum atomic E-state index is 14.1. The molecule has 0 heterocycles. The quantitative estimate of drug-likeness (QED) is 0.516. The Hall–Kier alpha value is -2.58. The number of hydrogen-bond acceptors (Lipinski definition) is 0. The summed E-state index contributed by atoms with van der Waals surface area (Å²) in [6.45, 7) is 3.85. The minimum Gasteiger partial charge on any atom is -0.206 e. The summed E-state index contributed by atoms with van der Waals surface area (Å²) in [6.07, 6.45) is 7.79. The van der Waals surface area contributed by atoms with Crippen LogP contribution in [-0.2, 0) is 0 Å². The molecule has 0 atom stereocenters. The Balaban J connectivity index is 1.69. The minimum absolute atomic E-state index is 0.0532. The van der Waals surface area contributed by atoms with Crippen LogP contribution in [0.4, 0.5) is 8.78 Å².